The van der Waals surface area contributed by atoms with Crippen molar-refractivity contribution in [2.24, 2.45) is 0 Å². The Morgan fingerprint density at radius 2 is 1.86 bits per heavy atom. The van der Waals surface area contributed by atoms with E-state index in [2.05, 4.69) is 21.1 Å². The number of esters is 1. The molecule has 0 N–H and O–H groups in total. The van der Waals surface area contributed by atoms with Gasteiger partial charge in [0.1, 0.15) is 0 Å². The SMILES string of the molecule is Cc1ccc(CN(C)C(=O)COC(=O)c2nc3nc(C)cc(C)n3n2)c(C)c1. The van der Waals surface area contributed by atoms with E-state index in [1.54, 1.807) is 7.05 Å². The molecule has 0 saturated carbocycles. The smallest absolute Gasteiger partial charge is 0.378 e. The van der Waals surface area contributed by atoms with Gasteiger partial charge in [-0.05, 0) is 44.9 Å². The molecule has 2 heterocycles. The maximum atomic E-state index is 12.3. The third kappa shape index (κ3) is 4.16. The Morgan fingerprint density at radius 1 is 1.11 bits per heavy atom. The van der Waals surface area contributed by atoms with Gasteiger partial charge in [-0.15, -0.1) is 5.10 Å². The second-order valence-electron chi connectivity index (χ2n) is 6.94. The van der Waals surface area contributed by atoms with Gasteiger partial charge in [0.05, 0.1) is 0 Å². The lowest BCUT2D eigenvalue weighted by molar-refractivity contribution is -0.133. The number of hydrogen-bond donors (Lipinski definition) is 0. The Bertz CT molecular complexity index is 1060. The van der Waals surface area contributed by atoms with Crippen molar-refractivity contribution in [2.45, 2.75) is 34.2 Å². The van der Waals surface area contributed by atoms with Crippen LogP contribution in [0.3, 0.4) is 0 Å². The van der Waals surface area contributed by atoms with Crippen molar-refractivity contribution in [2.75, 3.05) is 13.7 Å². The van der Waals surface area contributed by atoms with E-state index in [9.17, 15) is 9.59 Å². The molecule has 8 heteroatoms. The molecule has 8 nitrogen and oxygen atoms in total. The summed E-state index contributed by atoms with van der Waals surface area (Å²) in [5.41, 5.74) is 4.92. The number of carbonyl (C=O) groups excluding carboxylic acids is 2. The first-order valence-corrected chi connectivity index (χ1v) is 8.93. The maximum absolute atomic E-state index is 12.3. The van der Waals surface area contributed by atoms with Crippen molar-refractivity contribution in [3.63, 3.8) is 0 Å². The van der Waals surface area contributed by atoms with Crippen LogP contribution in [0.4, 0.5) is 0 Å². The molecule has 0 radical (unpaired) electrons. The summed E-state index contributed by atoms with van der Waals surface area (Å²) < 4.78 is 6.57. The highest BCUT2D eigenvalue weighted by molar-refractivity contribution is 5.88. The molecule has 0 atom stereocenters. The first-order valence-electron chi connectivity index (χ1n) is 8.93. The van der Waals surface area contributed by atoms with Crippen molar-refractivity contribution in [1.29, 1.82) is 0 Å². The van der Waals surface area contributed by atoms with E-state index in [1.807, 2.05) is 45.9 Å². The van der Waals surface area contributed by atoms with E-state index in [1.165, 1.54) is 15.0 Å². The minimum atomic E-state index is -0.754. The molecule has 0 spiro atoms. The average Bonchev–Trinajstić information content (AvgIpc) is 3.06. The Balaban J connectivity index is 1.62. The van der Waals surface area contributed by atoms with Gasteiger partial charge in [-0.25, -0.2) is 14.3 Å². The Hall–Kier alpha value is -3.29. The largest absolute Gasteiger partial charge is 0.450 e. The molecule has 0 aliphatic heterocycles. The monoisotopic (exact) mass is 381 g/mol. The first kappa shape index (κ1) is 19.5. The van der Waals surface area contributed by atoms with Gasteiger partial charge in [-0.1, -0.05) is 23.8 Å². The van der Waals surface area contributed by atoms with Crippen molar-refractivity contribution in [3.05, 3.63) is 58.2 Å². The maximum Gasteiger partial charge on any atom is 0.378 e. The number of amides is 1. The molecule has 0 fully saturated rings. The van der Waals surface area contributed by atoms with Crippen LogP contribution in [-0.4, -0.2) is 50.0 Å². The zero-order valence-electron chi connectivity index (χ0n) is 16.7. The van der Waals surface area contributed by atoms with Crippen molar-refractivity contribution in [1.82, 2.24) is 24.5 Å². The molecule has 3 aromatic rings. The highest BCUT2D eigenvalue weighted by Crippen LogP contribution is 2.13. The van der Waals surface area contributed by atoms with Gasteiger partial charge < -0.3 is 9.64 Å². The van der Waals surface area contributed by atoms with Gasteiger partial charge in [0.2, 0.25) is 0 Å². The van der Waals surface area contributed by atoms with E-state index >= 15 is 0 Å². The van der Waals surface area contributed by atoms with Crippen molar-refractivity contribution in [3.8, 4) is 0 Å². The summed E-state index contributed by atoms with van der Waals surface area (Å²) in [6.07, 6.45) is 0. The Morgan fingerprint density at radius 3 is 2.57 bits per heavy atom. The van der Waals surface area contributed by atoms with Gasteiger partial charge in [0.25, 0.3) is 17.5 Å². The molecule has 2 aromatic heterocycles. The zero-order valence-corrected chi connectivity index (χ0v) is 16.7. The van der Waals surface area contributed by atoms with Crippen LogP contribution in [0, 0.1) is 27.7 Å². The lowest BCUT2D eigenvalue weighted by atomic mass is 10.1. The molecule has 0 unspecified atom stereocenters. The summed E-state index contributed by atoms with van der Waals surface area (Å²) in [7, 11) is 1.68. The fourth-order valence-corrected chi connectivity index (χ4v) is 2.92. The third-order valence-corrected chi connectivity index (χ3v) is 4.46. The number of carbonyl (C=O) groups is 2. The second-order valence-corrected chi connectivity index (χ2v) is 6.94. The predicted octanol–water partition coefficient (Wildman–Crippen LogP) is 2.17. The quantitative estimate of drug-likeness (QED) is 0.629. The number of aromatic nitrogens is 4. The molecule has 1 aromatic carbocycles. The number of ether oxygens (including phenoxy) is 1. The highest BCUT2D eigenvalue weighted by atomic mass is 16.5. The highest BCUT2D eigenvalue weighted by Gasteiger charge is 2.19. The van der Waals surface area contributed by atoms with Crippen LogP contribution in [-0.2, 0) is 16.1 Å². The van der Waals surface area contributed by atoms with Crippen LogP contribution in [0.25, 0.3) is 5.78 Å². The molecule has 3 rings (SSSR count). The molecule has 0 aliphatic rings. The third-order valence-electron chi connectivity index (χ3n) is 4.46. The van der Waals surface area contributed by atoms with Crippen molar-refractivity contribution < 1.29 is 14.3 Å². The van der Waals surface area contributed by atoms with E-state index < -0.39 is 5.97 Å². The minimum absolute atomic E-state index is 0.119. The molecular formula is C20H23N5O3. The van der Waals surface area contributed by atoms with Gasteiger partial charge >= 0.3 is 5.97 Å². The van der Waals surface area contributed by atoms with Gasteiger partial charge in [-0.2, -0.15) is 4.98 Å². The summed E-state index contributed by atoms with van der Waals surface area (Å²) >= 11 is 0. The summed E-state index contributed by atoms with van der Waals surface area (Å²) in [6, 6.07) is 7.91. The lowest BCUT2D eigenvalue weighted by Gasteiger charge is -2.18. The molecule has 28 heavy (non-hydrogen) atoms. The van der Waals surface area contributed by atoms with E-state index in [0.29, 0.717) is 12.3 Å². The number of hydrogen-bond acceptors (Lipinski definition) is 6. The van der Waals surface area contributed by atoms with Gasteiger partial charge in [0.15, 0.2) is 6.61 Å². The lowest BCUT2D eigenvalue weighted by Crippen LogP contribution is -2.31. The van der Waals surface area contributed by atoms with Crippen LogP contribution < -0.4 is 0 Å². The number of nitrogens with zero attached hydrogens (tertiary/aromatic N) is 5. The normalized spacial score (nSPS) is 10.9. The number of aryl methyl sites for hydroxylation is 4. The second kappa shape index (κ2) is 7.75. The Labute approximate surface area is 163 Å². The Kier molecular flexibility index (Phi) is 5.39. The predicted molar refractivity (Wildman–Crippen MR) is 103 cm³/mol. The molecular weight excluding hydrogens is 358 g/mol. The van der Waals surface area contributed by atoms with Gasteiger partial charge in [0, 0.05) is 25.0 Å². The number of likely N-dealkylation sites (N-methyl/N-ethyl adjacent to an activating group) is 1. The molecule has 0 bridgehead atoms. The van der Waals surface area contributed by atoms with Crippen molar-refractivity contribution >= 4 is 17.7 Å². The van der Waals surface area contributed by atoms with Crippen LogP contribution in [0.15, 0.2) is 24.3 Å². The van der Waals surface area contributed by atoms with Crippen LogP contribution in [0.5, 0.6) is 0 Å². The number of rotatable bonds is 5. The van der Waals surface area contributed by atoms with Crippen LogP contribution >= 0.6 is 0 Å². The standard InChI is InChI=1S/C20H23N5O3/c1-12-6-7-16(13(2)8-12)10-24(5)17(26)11-28-19(27)18-22-20-21-14(3)9-15(4)25(20)23-18/h6-9H,10-11H2,1-5H3. The molecule has 0 aliphatic carbocycles. The fraction of sp³-hybridized carbons (Fsp3) is 0.350. The van der Waals surface area contributed by atoms with Crippen LogP contribution in [0.1, 0.15) is 38.7 Å². The number of benzene rings is 1. The van der Waals surface area contributed by atoms with E-state index in [0.717, 1.165) is 22.5 Å². The van der Waals surface area contributed by atoms with E-state index in [-0.39, 0.29) is 18.3 Å². The van der Waals surface area contributed by atoms with Crippen LogP contribution in [0.2, 0.25) is 0 Å². The zero-order chi connectivity index (χ0) is 20.4. The topological polar surface area (TPSA) is 89.7 Å². The minimum Gasteiger partial charge on any atom is -0.450 e. The molecule has 146 valence electrons. The number of fused-ring (bicyclic) bond motifs is 1. The molecule has 0 saturated heterocycles. The fourth-order valence-electron chi connectivity index (χ4n) is 2.92. The summed E-state index contributed by atoms with van der Waals surface area (Å²) in [6.45, 7) is 7.78. The van der Waals surface area contributed by atoms with E-state index in [4.69, 9.17) is 4.74 Å². The summed E-state index contributed by atoms with van der Waals surface area (Å²) in [5.74, 6) is -0.855. The molecule has 1 amide bonds. The average molecular weight is 381 g/mol. The van der Waals surface area contributed by atoms with Gasteiger partial charge in [-0.3, -0.25) is 4.79 Å². The summed E-state index contributed by atoms with van der Waals surface area (Å²) in [5, 5.41) is 4.11. The summed E-state index contributed by atoms with van der Waals surface area (Å²) in [4.78, 5) is 34.4. The first-order chi connectivity index (χ1) is 13.2.